The van der Waals surface area contributed by atoms with Crippen LogP contribution >= 0.6 is 0 Å². The van der Waals surface area contributed by atoms with Gasteiger partial charge in [0.2, 0.25) is 0 Å². The van der Waals surface area contributed by atoms with E-state index in [0.717, 1.165) is 41.0 Å². The Morgan fingerprint density at radius 2 is 1.76 bits per heavy atom. The lowest BCUT2D eigenvalue weighted by molar-refractivity contribution is -0.144. The molecule has 0 bridgehead atoms. The lowest BCUT2D eigenvalue weighted by atomic mass is 10.1. The number of nitrogens with zero attached hydrogens (tertiary/aromatic N) is 3. The molecule has 1 saturated heterocycles. The number of benzene rings is 1. The van der Waals surface area contributed by atoms with Gasteiger partial charge in [-0.25, -0.2) is 9.69 Å². The number of hydrogen-bond donors (Lipinski definition) is 0. The summed E-state index contributed by atoms with van der Waals surface area (Å²) in [4.78, 5) is 39.0. The van der Waals surface area contributed by atoms with Crippen molar-refractivity contribution in [2.75, 3.05) is 0 Å². The highest BCUT2D eigenvalue weighted by Crippen LogP contribution is 2.29. The van der Waals surface area contributed by atoms with Crippen LogP contribution in [0.15, 0.2) is 40.9 Å². The van der Waals surface area contributed by atoms with Crippen molar-refractivity contribution in [1.29, 1.82) is 0 Å². The van der Waals surface area contributed by atoms with Gasteiger partial charge in [-0.05, 0) is 12.8 Å². The van der Waals surface area contributed by atoms with Gasteiger partial charge >= 0.3 is 17.8 Å². The molecule has 0 radical (unpaired) electrons. The van der Waals surface area contributed by atoms with Crippen molar-refractivity contribution in [3.05, 3.63) is 42.1 Å². The van der Waals surface area contributed by atoms with Crippen molar-refractivity contribution in [1.82, 2.24) is 15.0 Å². The summed E-state index contributed by atoms with van der Waals surface area (Å²) in [5.74, 6) is -0.974. The summed E-state index contributed by atoms with van der Waals surface area (Å²) < 4.78 is 5.29. The minimum absolute atomic E-state index is 0.0665. The van der Waals surface area contributed by atoms with E-state index in [0.29, 0.717) is 11.5 Å². The van der Waals surface area contributed by atoms with Crippen LogP contribution < -0.4 is 0 Å². The van der Waals surface area contributed by atoms with Crippen LogP contribution in [0.4, 0.5) is 4.79 Å². The third-order valence-corrected chi connectivity index (χ3v) is 4.71. The number of carbonyl (C=O) groups is 3. The van der Waals surface area contributed by atoms with E-state index in [1.165, 1.54) is 0 Å². The summed E-state index contributed by atoms with van der Waals surface area (Å²) in [5, 5.41) is 3.92. The lowest BCUT2D eigenvalue weighted by Gasteiger charge is -2.20. The zero-order valence-corrected chi connectivity index (χ0v) is 13.6. The maximum Gasteiger partial charge on any atom is 0.334 e. The molecular formula is C18H17N3O4. The molecule has 0 spiro atoms. The van der Waals surface area contributed by atoms with Crippen molar-refractivity contribution in [3.8, 4) is 11.3 Å². The second-order valence-electron chi connectivity index (χ2n) is 6.34. The third kappa shape index (κ3) is 2.71. The molecule has 4 amide bonds. The largest absolute Gasteiger partial charge is 0.356 e. The maximum absolute atomic E-state index is 12.5. The highest BCUT2D eigenvalue weighted by Gasteiger charge is 2.48. The summed E-state index contributed by atoms with van der Waals surface area (Å²) >= 11 is 0. The fraction of sp³-hybridized carbons (Fsp3) is 0.333. The van der Waals surface area contributed by atoms with E-state index in [4.69, 9.17) is 4.52 Å². The molecule has 7 nitrogen and oxygen atoms in total. The summed E-state index contributed by atoms with van der Waals surface area (Å²) in [6, 6.07) is 10.4. The molecule has 1 aliphatic carbocycles. The molecule has 7 heteroatoms. The van der Waals surface area contributed by atoms with Gasteiger partial charge < -0.3 is 4.52 Å². The fourth-order valence-corrected chi connectivity index (χ4v) is 3.43. The molecule has 2 heterocycles. The fourth-order valence-electron chi connectivity index (χ4n) is 3.43. The highest BCUT2D eigenvalue weighted by molar-refractivity contribution is 6.44. The molecule has 1 aromatic carbocycles. The Hall–Kier alpha value is -2.96. The number of imide groups is 2. The minimum Gasteiger partial charge on any atom is -0.356 e. The first-order valence-electron chi connectivity index (χ1n) is 8.35. The molecular weight excluding hydrogens is 322 g/mol. The SMILES string of the molecule is O=C1C(=O)N(C2CCCC2)C(=O)N1Cc1cc(-c2ccccc2)on1. The van der Waals surface area contributed by atoms with E-state index < -0.39 is 17.8 Å². The Kier molecular flexibility index (Phi) is 3.83. The van der Waals surface area contributed by atoms with E-state index >= 15 is 0 Å². The summed E-state index contributed by atoms with van der Waals surface area (Å²) in [6.07, 6.45) is 3.47. The number of hydrogen-bond acceptors (Lipinski definition) is 5. The molecule has 25 heavy (non-hydrogen) atoms. The number of urea groups is 1. The average Bonchev–Trinajstić information content (AvgIpc) is 3.35. The predicted molar refractivity (Wildman–Crippen MR) is 87.0 cm³/mol. The third-order valence-electron chi connectivity index (χ3n) is 4.71. The molecule has 0 unspecified atom stereocenters. The maximum atomic E-state index is 12.5. The van der Waals surface area contributed by atoms with Gasteiger partial charge in [0, 0.05) is 17.7 Å². The van der Waals surface area contributed by atoms with Crippen LogP contribution in [0.25, 0.3) is 11.3 Å². The van der Waals surface area contributed by atoms with Crippen LogP contribution in [0.5, 0.6) is 0 Å². The van der Waals surface area contributed by atoms with Crippen molar-refractivity contribution < 1.29 is 18.9 Å². The topological polar surface area (TPSA) is 83.7 Å². The standard InChI is InChI=1S/C18H17N3O4/c22-16-17(23)21(14-8-4-5-9-14)18(24)20(16)11-13-10-15(25-19-13)12-6-2-1-3-7-12/h1-3,6-7,10,14H,4-5,8-9,11H2. The lowest BCUT2D eigenvalue weighted by Crippen LogP contribution is -2.39. The molecule has 2 aromatic rings. The molecule has 0 N–H and O–H groups in total. The number of aromatic nitrogens is 1. The average molecular weight is 339 g/mol. The Labute approximate surface area is 144 Å². The van der Waals surface area contributed by atoms with Crippen molar-refractivity contribution in [2.45, 2.75) is 38.3 Å². The summed E-state index contributed by atoms with van der Waals surface area (Å²) in [7, 11) is 0. The Morgan fingerprint density at radius 3 is 2.48 bits per heavy atom. The van der Waals surface area contributed by atoms with Gasteiger partial charge in [0.1, 0.15) is 5.69 Å². The van der Waals surface area contributed by atoms with E-state index in [2.05, 4.69) is 5.16 Å². The Balaban J connectivity index is 1.53. The first-order valence-corrected chi connectivity index (χ1v) is 8.35. The first-order chi connectivity index (χ1) is 12.1. The number of carbonyl (C=O) groups excluding carboxylic acids is 3. The van der Waals surface area contributed by atoms with Crippen LogP contribution in [0.3, 0.4) is 0 Å². The smallest absolute Gasteiger partial charge is 0.334 e. The molecule has 2 aliphatic rings. The van der Waals surface area contributed by atoms with E-state index in [-0.39, 0.29) is 12.6 Å². The highest BCUT2D eigenvalue weighted by atomic mass is 16.5. The second kappa shape index (κ2) is 6.16. The minimum atomic E-state index is -0.791. The summed E-state index contributed by atoms with van der Waals surface area (Å²) in [6.45, 7) is -0.0665. The molecule has 128 valence electrons. The zero-order chi connectivity index (χ0) is 17.4. The van der Waals surface area contributed by atoms with E-state index in [1.807, 2.05) is 30.3 Å². The number of rotatable bonds is 4. The normalized spacial score (nSPS) is 18.6. The van der Waals surface area contributed by atoms with Crippen LogP contribution in [-0.2, 0) is 16.1 Å². The second-order valence-corrected chi connectivity index (χ2v) is 6.34. The van der Waals surface area contributed by atoms with Gasteiger partial charge in [-0.3, -0.25) is 14.5 Å². The van der Waals surface area contributed by atoms with Crippen LogP contribution in [0.2, 0.25) is 0 Å². The molecule has 1 aromatic heterocycles. The van der Waals surface area contributed by atoms with Gasteiger partial charge in [-0.15, -0.1) is 0 Å². The van der Waals surface area contributed by atoms with E-state index in [1.54, 1.807) is 6.07 Å². The van der Waals surface area contributed by atoms with Crippen LogP contribution in [0, 0.1) is 0 Å². The number of amides is 4. The van der Waals surface area contributed by atoms with Gasteiger partial charge in [0.25, 0.3) is 0 Å². The predicted octanol–water partition coefficient (Wildman–Crippen LogP) is 2.58. The molecule has 4 rings (SSSR count). The zero-order valence-electron chi connectivity index (χ0n) is 13.6. The monoisotopic (exact) mass is 339 g/mol. The Bertz CT molecular complexity index is 824. The quantitative estimate of drug-likeness (QED) is 0.631. The van der Waals surface area contributed by atoms with Gasteiger partial charge in [0.05, 0.1) is 6.54 Å². The molecule has 1 saturated carbocycles. The van der Waals surface area contributed by atoms with Crippen molar-refractivity contribution in [2.24, 2.45) is 0 Å². The van der Waals surface area contributed by atoms with Crippen molar-refractivity contribution in [3.63, 3.8) is 0 Å². The Morgan fingerprint density at radius 1 is 1.04 bits per heavy atom. The van der Waals surface area contributed by atoms with E-state index in [9.17, 15) is 14.4 Å². The summed E-state index contributed by atoms with van der Waals surface area (Å²) in [5.41, 5.74) is 1.28. The molecule has 0 atom stereocenters. The van der Waals surface area contributed by atoms with Crippen LogP contribution in [-0.4, -0.2) is 38.8 Å². The first kappa shape index (κ1) is 15.6. The molecule has 1 aliphatic heterocycles. The van der Waals surface area contributed by atoms with Crippen LogP contribution in [0.1, 0.15) is 31.4 Å². The van der Waals surface area contributed by atoms with Crippen molar-refractivity contribution >= 4 is 17.8 Å². The molecule has 2 fully saturated rings. The van der Waals surface area contributed by atoms with Gasteiger partial charge in [0.15, 0.2) is 5.76 Å². The van der Waals surface area contributed by atoms with Gasteiger partial charge in [-0.1, -0.05) is 48.3 Å². The van der Waals surface area contributed by atoms with Gasteiger partial charge in [-0.2, -0.15) is 0 Å².